The molecule has 102 valence electrons. The first-order valence-corrected chi connectivity index (χ1v) is 6.45. The van der Waals surface area contributed by atoms with E-state index in [0.717, 1.165) is 12.0 Å². The predicted octanol–water partition coefficient (Wildman–Crippen LogP) is 3.13. The summed E-state index contributed by atoms with van der Waals surface area (Å²) in [5.41, 5.74) is 1.74. The molecule has 0 heterocycles. The molecule has 3 heteroatoms. The van der Waals surface area contributed by atoms with Gasteiger partial charge >= 0.3 is 6.09 Å². The van der Waals surface area contributed by atoms with Crippen molar-refractivity contribution in [2.45, 2.75) is 39.7 Å². The normalized spacial score (nSPS) is 10.3. The van der Waals surface area contributed by atoms with Gasteiger partial charge < -0.3 is 10.1 Å². The zero-order valence-corrected chi connectivity index (χ0v) is 12.0. The third-order valence-electron chi connectivity index (χ3n) is 2.29. The van der Waals surface area contributed by atoms with Crippen molar-refractivity contribution in [3.05, 3.63) is 35.4 Å². The molecule has 1 aromatic rings. The molecule has 0 radical (unpaired) electrons. The van der Waals surface area contributed by atoms with Gasteiger partial charge in [-0.2, -0.15) is 0 Å². The Morgan fingerprint density at radius 2 is 2.11 bits per heavy atom. The van der Waals surface area contributed by atoms with Gasteiger partial charge in [0.15, 0.2) is 0 Å². The molecule has 1 rings (SSSR count). The number of aryl methyl sites for hydroxylation is 1. The third kappa shape index (κ3) is 6.52. The van der Waals surface area contributed by atoms with Crippen molar-refractivity contribution in [3.8, 4) is 11.8 Å². The molecule has 0 aliphatic rings. The van der Waals surface area contributed by atoms with Crippen molar-refractivity contribution in [3.63, 3.8) is 0 Å². The highest BCUT2D eigenvalue weighted by molar-refractivity contribution is 5.68. The van der Waals surface area contributed by atoms with Gasteiger partial charge in [-0.1, -0.05) is 30.9 Å². The summed E-state index contributed by atoms with van der Waals surface area (Å²) in [6, 6.07) is 8.08. The zero-order valence-electron chi connectivity index (χ0n) is 12.0. The summed E-state index contributed by atoms with van der Waals surface area (Å²) >= 11 is 0. The molecule has 0 spiro atoms. The van der Waals surface area contributed by atoms with E-state index in [2.05, 4.69) is 36.2 Å². The van der Waals surface area contributed by atoms with Gasteiger partial charge in [0, 0.05) is 5.56 Å². The van der Waals surface area contributed by atoms with Gasteiger partial charge in [0.1, 0.15) is 5.60 Å². The summed E-state index contributed by atoms with van der Waals surface area (Å²) < 4.78 is 5.11. The molecule has 0 fully saturated rings. The van der Waals surface area contributed by atoms with E-state index in [1.807, 2.05) is 32.9 Å². The smallest absolute Gasteiger partial charge is 0.408 e. The average Bonchev–Trinajstić information content (AvgIpc) is 2.33. The molecule has 19 heavy (non-hydrogen) atoms. The molecule has 0 bridgehead atoms. The monoisotopic (exact) mass is 259 g/mol. The molecule has 1 aromatic carbocycles. The Labute approximate surface area is 115 Å². The van der Waals surface area contributed by atoms with E-state index in [4.69, 9.17) is 4.74 Å². The van der Waals surface area contributed by atoms with Crippen LogP contribution in [0.3, 0.4) is 0 Å². The molecule has 1 amide bonds. The lowest BCUT2D eigenvalue weighted by Gasteiger charge is -2.18. The maximum absolute atomic E-state index is 11.4. The van der Waals surface area contributed by atoms with Crippen molar-refractivity contribution in [2.24, 2.45) is 0 Å². The molecule has 0 saturated carbocycles. The van der Waals surface area contributed by atoms with Crippen molar-refractivity contribution in [2.75, 3.05) is 6.54 Å². The molecule has 0 aromatic heterocycles. The molecule has 0 saturated heterocycles. The fraction of sp³-hybridized carbons (Fsp3) is 0.438. The highest BCUT2D eigenvalue weighted by atomic mass is 16.6. The highest BCUT2D eigenvalue weighted by Crippen LogP contribution is 2.06. The van der Waals surface area contributed by atoms with Crippen LogP contribution in [0.5, 0.6) is 0 Å². The van der Waals surface area contributed by atoms with Gasteiger partial charge in [0.25, 0.3) is 0 Å². The van der Waals surface area contributed by atoms with E-state index in [-0.39, 0.29) is 6.54 Å². The van der Waals surface area contributed by atoms with Crippen molar-refractivity contribution in [1.29, 1.82) is 0 Å². The van der Waals surface area contributed by atoms with Crippen LogP contribution in [0.1, 0.15) is 38.8 Å². The lowest BCUT2D eigenvalue weighted by molar-refractivity contribution is 0.0535. The number of ether oxygens (including phenoxy) is 1. The van der Waals surface area contributed by atoms with Crippen LogP contribution in [0.2, 0.25) is 0 Å². The van der Waals surface area contributed by atoms with Crippen molar-refractivity contribution >= 4 is 6.09 Å². The molecule has 3 nitrogen and oxygen atoms in total. The summed E-state index contributed by atoms with van der Waals surface area (Å²) in [7, 11) is 0. The van der Waals surface area contributed by atoms with Crippen LogP contribution in [0.4, 0.5) is 4.79 Å². The molecular weight excluding hydrogens is 238 g/mol. The van der Waals surface area contributed by atoms with Crippen LogP contribution < -0.4 is 5.32 Å². The average molecular weight is 259 g/mol. The zero-order chi connectivity index (χ0) is 14.3. The number of hydrogen-bond donors (Lipinski definition) is 1. The SMILES string of the molecule is CCc1cccc(C#CCNC(=O)OC(C)(C)C)c1. The Morgan fingerprint density at radius 1 is 1.37 bits per heavy atom. The summed E-state index contributed by atoms with van der Waals surface area (Å²) in [5.74, 6) is 5.92. The number of benzene rings is 1. The number of nitrogens with one attached hydrogen (secondary N) is 1. The third-order valence-corrected chi connectivity index (χ3v) is 2.29. The second-order valence-electron chi connectivity index (χ2n) is 5.21. The topological polar surface area (TPSA) is 38.3 Å². The quantitative estimate of drug-likeness (QED) is 0.829. The number of hydrogen-bond acceptors (Lipinski definition) is 2. The van der Waals surface area contributed by atoms with Gasteiger partial charge in [-0.15, -0.1) is 0 Å². The first-order chi connectivity index (χ1) is 8.90. The summed E-state index contributed by atoms with van der Waals surface area (Å²) in [6.45, 7) is 7.87. The Bertz CT molecular complexity index is 489. The summed E-state index contributed by atoms with van der Waals surface area (Å²) in [5, 5.41) is 2.60. The fourth-order valence-corrected chi connectivity index (χ4v) is 1.45. The van der Waals surface area contributed by atoms with E-state index >= 15 is 0 Å². The molecule has 0 unspecified atom stereocenters. The second-order valence-corrected chi connectivity index (χ2v) is 5.21. The Kier molecular flexibility index (Phi) is 5.44. The highest BCUT2D eigenvalue weighted by Gasteiger charge is 2.14. The van der Waals surface area contributed by atoms with Gasteiger partial charge in [-0.25, -0.2) is 4.79 Å². The first-order valence-electron chi connectivity index (χ1n) is 6.45. The molecule has 0 aliphatic carbocycles. The minimum atomic E-state index is -0.479. The van der Waals surface area contributed by atoms with Crippen LogP contribution in [-0.2, 0) is 11.2 Å². The number of amides is 1. The Hall–Kier alpha value is -1.95. The molecular formula is C16H21NO2. The van der Waals surface area contributed by atoms with Crippen LogP contribution >= 0.6 is 0 Å². The predicted molar refractivity (Wildman–Crippen MR) is 76.9 cm³/mol. The van der Waals surface area contributed by atoms with Crippen LogP contribution in [-0.4, -0.2) is 18.2 Å². The second kappa shape index (κ2) is 6.84. The summed E-state index contributed by atoms with van der Waals surface area (Å²) in [6.07, 6.45) is 0.551. The van der Waals surface area contributed by atoms with Gasteiger partial charge in [-0.05, 0) is 44.9 Å². The van der Waals surface area contributed by atoms with E-state index in [0.29, 0.717) is 0 Å². The lowest BCUT2D eigenvalue weighted by Crippen LogP contribution is -2.32. The van der Waals surface area contributed by atoms with Crippen LogP contribution in [0, 0.1) is 11.8 Å². The number of alkyl carbamates (subject to hydrolysis) is 1. The number of carbonyl (C=O) groups is 1. The van der Waals surface area contributed by atoms with E-state index in [1.54, 1.807) is 0 Å². The number of carbonyl (C=O) groups excluding carboxylic acids is 1. The van der Waals surface area contributed by atoms with Crippen LogP contribution in [0.15, 0.2) is 24.3 Å². The minimum Gasteiger partial charge on any atom is -0.444 e. The minimum absolute atomic E-state index is 0.283. The molecule has 0 atom stereocenters. The van der Waals surface area contributed by atoms with Gasteiger partial charge in [0.05, 0.1) is 6.54 Å². The largest absolute Gasteiger partial charge is 0.444 e. The van der Waals surface area contributed by atoms with Crippen molar-refractivity contribution in [1.82, 2.24) is 5.32 Å². The standard InChI is InChI=1S/C16H21NO2/c1-5-13-8-6-9-14(12-13)10-7-11-17-15(18)19-16(2,3)4/h6,8-9,12H,5,11H2,1-4H3,(H,17,18). The Morgan fingerprint density at radius 3 is 2.74 bits per heavy atom. The Balaban J connectivity index is 2.45. The van der Waals surface area contributed by atoms with E-state index in [1.165, 1.54) is 5.56 Å². The number of rotatable bonds is 2. The fourth-order valence-electron chi connectivity index (χ4n) is 1.45. The maximum atomic E-state index is 11.4. The maximum Gasteiger partial charge on any atom is 0.408 e. The first kappa shape index (κ1) is 15.1. The van der Waals surface area contributed by atoms with E-state index < -0.39 is 11.7 Å². The lowest BCUT2D eigenvalue weighted by atomic mass is 10.1. The van der Waals surface area contributed by atoms with Gasteiger partial charge in [0.2, 0.25) is 0 Å². The van der Waals surface area contributed by atoms with Crippen molar-refractivity contribution < 1.29 is 9.53 Å². The van der Waals surface area contributed by atoms with Crippen LogP contribution in [0.25, 0.3) is 0 Å². The van der Waals surface area contributed by atoms with Gasteiger partial charge in [-0.3, -0.25) is 0 Å². The molecule has 0 aliphatic heterocycles. The molecule has 1 N–H and O–H groups in total. The van der Waals surface area contributed by atoms with E-state index in [9.17, 15) is 4.79 Å². The summed E-state index contributed by atoms with van der Waals surface area (Å²) in [4.78, 5) is 11.4.